The number of hydrogen-bond acceptors (Lipinski definition) is 5. The molecule has 1 heterocycles. The maximum Gasteiger partial charge on any atom is 0.244 e. The minimum atomic E-state index is -3.74. The van der Waals surface area contributed by atoms with Gasteiger partial charge in [-0.3, -0.25) is 0 Å². The van der Waals surface area contributed by atoms with E-state index in [4.69, 9.17) is 11.6 Å². The van der Waals surface area contributed by atoms with Gasteiger partial charge in [0.25, 0.3) is 0 Å². The fourth-order valence-corrected chi connectivity index (χ4v) is 5.69. The molecule has 6 nitrogen and oxygen atoms in total. The van der Waals surface area contributed by atoms with Crippen LogP contribution in [0.25, 0.3) is 0 Å². The van der Waals surface area contributed by atoms with Gasteiger partial charge < -0.3 is 10.0 Å². The lowest BCUT2D eigenvalue weighted by atomic mass is 10.0. The number of benzene rings is 2. The normalized spacial score (nSPS) is 20.6. The third-order valence-corrected chi connectivity index (χ3v) is 8.07. The number of aliphatic imine (C=N–C) groups is 1. The van der Waals surface area contributed by atoms with Gasteiger partial charge in [0.2, 0.25) is 10.0 Å². The Labute approximate surface area is 197 Å². The number of nitrogens with zero attached hydrogens (tertiary/aromatic N) is 3. The Morgan fingerprint density at radius 1 is 1.23 bits per heavy atom. The van der Waals surface area contributed by atoms with Crippen LogP contribution >= 0.6 is 40.3 Å². The first-order chi connectivity index (χ1) is 13.7. The van der Waals surface area contributed by atoms with Gasteiger partial charge in [-0.2, -0.15) is 0 Å². The second-order valence-corrected chi connectivity index (χ2v) is 10.4. The summed E-state index contributed by atoms with van der Waals surface area (Å²) in [7, 11) is -0.842. The zero-order chi connectivity index (χ0) is 21.2. The predicted octanol–water partition coefficient (Wildman–Crippen LogP) is 4.46. The molecule has 0 aromatic heterocycles. The molecule has 1 saturated heterocycles. The highest BCUT2D eigenvalue weighted by Gasteiger charge is 2.45. The van der Waals surface area contributed by atoms with E-state index < -0.39 is 15.7 Å². The molecule has 0 aliphatic carbocycles. The van der Waals surface area contributed by atoms with E-state index in [-0.39, 0.29) is 26.9 Å². The summed E-state index contributed by atoms with van der Waals surface area (Å²) in [6.07, 6.45) is 0.799. The molecule has 164 valence electrons. The fraction of sp³-hybridized carbons (Fsp3) is 0.350. The molecule has 30 heavy (non-hydrogen) atoms. The van der Waals surface area contributed by atoms with Crippen LogP contribution < -0.4 is 0 Å². The standard InChI is InChI=1S/C20H24ClN3O3S2.BrH/c1-4-12-24-19(22-16-8-6-5-7-9-16)28-14-20(24,25)15-10-11-17(21)18(13-15)29(26,27)23(2)3;/h5-11,13,25H,4,12,14H2,1-3H3;1H. The van der Waals surface area contributed by atoms with E-state index in [1.54, 1.807) is 6.07 Å². The first-order valence-corrected chi connectivity index (χ1v) is 12.0. The van der Waals surface area contributed by atoms with Gasteiger partial charge in [-0.1, -0.05) is 54.6 Å². The molecule has 1 aliphatic rings. The quantitative estimate of drug-likeness (QED) is 0.592. The predicted molar refractivity (Wildman–Crippen MR) is 130 cm³/mol. The highest BCUT2D eigenvalue weighted by molar-refractivity contribution is 8.93. The molecule has 0 spiro atoms. The molecule has 1 unspecified atom stereocenters. The number of hydrogen-bond donors (Lipinski definition) is 1. The van der Waals surface area contributed by atoms with Crippen LogP contribution in [0.5, 0.6) is 0 Å². The van der Waals surface area contributed by atoms with Crippen molar-refractivity contribution in [2.75, 3.05) is 26.4 Å². The van der Waals surface area contributed by atoms with Crippen LogP contribution in [0.4, 0.5) is 5.69 Å². The van der Waals surface area contributed by atoms with Crippen molar-refractivity contribution >= 4 is 61.2 Å². The second kappa shape index (κ2) is 10.0. The van der Waals surface area contributed by atoms with Gasteiger partial charge >= 0.3 is 0 Å². The van der Waals surface area contributed by atoms with Crippen LogP contribution in [0, 0.1) is 0 Å². The minimum Gasteiger partial charge on any atom is -0.366 e. The third kappa shape index (κ3) is 4.87. The summed E-state index contributed by atoms with van der Waals surface area (Å²) in [6, 6.07) is 14.2. The molecule has 0 bridgehead atoms. The number of aliphatic hydroxyl groups is 1. The van der Waals surface area contributed by atoms with Crippen LogP contribution in [0.1, 0.15) is 18.9 Å². The Morgan fingerprint density at radius 3 is 2.50 bits per heavy atom. The van der Waals surface area contributed by atoms with Crippen LogP contribution in [0.3, 0.4) is 0 Å². The molecule has 2 aromatic rings. The summed E-state index contributed by atoms with van der Waals surface area (Å²) in [5, 5.41) is 12.4. The number of sulfonamides is 1. The van der Waals surface area contributed by atoms with E-state index in [0.717, 1.165) is 16.4 Å². The summed E-state index contributed by atoms with van der Waals surface area (Å²) in [4.78, 5) is 6.50. The second-order valence-electron chi connectivity index (χ2n) is 6.92. The molecule has 1 N–H and O–H groups in total. The van der Waals surface area contributed by atoms with E-state index in [1.807, 2.05) is 42.2 Å². The van der Waals surface area contributed by atoms with Gasteiger partial charge in [0.1, 0.15) is 4.90 Å². The minimum absolute atomic E-state index is 0. The van der Waals surface area contributed by atoms with Gasteiger partial charge in [-0.05, 0) is 30.7 Å². The van der Waals surface area contributed by atoms with Crippen molar-refractivity contribution in [1.29, 1.82) is 0 Å². The monoisotopic (exact) mass is 533 g/mol. The lowest BCUT2D eigenvalue weighted by molar-refractivity contribution is -0.0477. The Balaban J connectivity index is 0.00000320. The maximum atomic E-state index is 12.7. The molecular formula is C20H25BrClN3O3S2. The maximum absolute atomic E-state index is 12.7. The van der Waals surface area contributed by atoms with Crippen molar-refractivity contribution in [2.45, 2.75) is 24.0 Å². The van der Waals surface area contributed by atoms with Gasteiger partial charge in [0.05, 0.1) is 16.5 Å². The lowest BCUT2D eigenvalue weighted by Crippen LogP contribution is -2.45. The number of thioether (sulfide) groups is 1. The molecule has 2 aromatic carbocycles. The fourth-order valence-electron chi connectivity index (χ4n) is 3.08. The zero-order valence-electron chi connectivity index (χ0n) is 16.9. The van der Waals surface area contributed by atoms with Crippen molar-refractivity contribution in [3.63, 3.8) is 0 Å². The Hall–Kier alpha value is -1.10. The molecule has 1 aliphatic heterocycles. The van der Waals surface area contributed by atoms with Gasteiger partial charge in [0.15, 0.2) is 10.9 Å². The Morgan fingerprint density at radius 2 is 1.90 bits per heavy atom. The first-order valence-electron chi connectivity index (χ1n) is 9.19. The third-order valence-electron chi connectivity index (χ3n) is 4.66. The molecular weight excluding hydrogens is 510 g/mol. The van der Waals surface area contributed by atoms with Crippen molar-refractivity contribution in [3.8, 4) is 0 Å². The highest BCUT2D eigenvalue weighted by Crippen LogP contribution is 2.41. The van der Waals surface area contributed by atoms with Crippen LogP contribution in [0.2, 0.25) is 5.02 Å². The average Bonchev–Trinajstić information content (AvgIpc) is 3.00. The summed E-state index contributed by atoms with van der Waals surface area (Å²) >= 11 is 7.62. The lowest BCUT2D eigenvalue weighted by Gasteiger charge is -2.34. The van der Waals surface area contributed by atoms with E-state index >= 15 is 0 Å². The van der Waals surface area contributed by atoms with Crippen molar-refractivity contribution in [3.05, 3.63) is 59.1 Å². The van der Waals surface area contributed by atoms with Gasteiger partial charge in [-0.25, -0.2) is 17.7 Å². The van der Waals surface area contributed by atoms with Crippen LogP contribution in [-0.4, -0.2) is 54.3 Å². The van der Waals surface area contributed by atoms with Crippen LogP contribution in [0.15, 0.2) is 58.4 Å². The van der Waals surface area contributed by atoms with Gasteiger partial charge in [-0.15, -0.1) is 17.0 Å². The smallest absolute Gasteiger partial charge is 0.244 e. The number of halogens is 2. The van der Waals surface area contributed by atoms with Crippen molar-refractivity contribution in [1.82, 2.24) is 9.21 Å². The number of amidine groups is 1. The van der Waals surface area contributed by atoms with Crippen molar-refractivity contribution in [2.24, 2.45) is 4.99 Å². The van der Waals surface area contributed by atoms with Crippen LogP contribution in [-0.2, 0) is 15.7 Å². The summed E-state index contributed by atoms with van der Waals surface area (Å²) < 4.78 is 26.4. The molecule has 0 radical (unpaired) electrons. The topological polar surface area (TPSA) is 73.2 Å². The molecule has 1 atom stereocenters. The summed E-state index contributed by atoms with van der Waals surface area (Å²) in [5.74, 6) is 0.335. The Kier molecular flexibility index (Phi) is 8.40. The summed E-state index contributed by atoms with van der Waals surface area (Å²) in [6.45, 7) is 2.60. The zero-order valence-corrected chi connectivity index (χ0v) is 21.1. The first kappa shape index (κ1) is 25.2. The number of para-hydroxylation sites is 1. The number of rotatable bonds is 6. The Bertz CT molecular complexity index is 1020. The molecule has 0 saturated carbocycles. The largest absolute Gasteiger partial charge is 0.366 e. The SMILES string of the molecule is Br.CCCN1C(=Nc2ccccc2)SCC1(O)c1ccc(Cl)c(S(=O)(=O)N(C)C)c1. The van der Waals surface area contributed by atoms with Crippen molar-refractivity contribution < 1.29 is 13.5 Å². The van der Waals surface area contributed by atoms with E-state index in [1.165, 1.54) is 38.0 Å². The van der Waals surface area contributed by atoms with E-state index in [0.29, 0.717) is 23.0 Å². The molecule has 10 heteroatoms. The van der Waals surface area contributed by atoms with E-state index in [2.05, 4.69) is 4.99 Å². The van der Waals surface area contributed by atoms with Gasteiger partial charge in [0, 0.05) is 26.2 Å². The van der Waals surface area contributed by atoms with E-state index in [9.17, 15) is 13.5 Å². The molecule has 3 rings (SSSR count). The summed E-state index contributed by atoms with van der Waals surface area (Å²) in [5.41, 5.74) is -0.107. The highest BCUT2D eigenvalue weighted by atomic mass is 79.9. The average molecular weight is 535 g/mol. The molecule has 0 amide bonds. The molecule has 1 fully saturated rings.